The number of carbonyl (C=O) groups is 2. The quantitative estimate of drug-likeness (QED) is 0.784. The molecule has 0 aliphatic heterocycles. The maximum absolute atomic E-state index is 12.0. The minimum atomic E-state index is -0.272. The number of nitrogens with one attached hydrogen (secondary N) is 1. The highest BCUT2D eigenvalue weighted by atomic mass is 79.9. The molecule has 4 nitrogen and oxygen atoms in total. The number of Topliss-reactive ketones (excluding diaryl/α,β-unsaturated/α-hetero) is 1. The second-order valence-electron chi connectivity index (χ2n) is 3.71. The molecule has 0 aliphatic rings. The smallest absolute Gasteiger partial charge is 0.257 e. The largest absolute Gasteiger partial charge is 0.298 e. The Balaban J connectivity index is 2.18. The molecule has 1 amide bonds. The molecule has 0 aliphatic carbocycles. The summed E-state index contributed by atoms with van der Waals surface area (Å²) >= 11 is 7.87. The zero-order valence-electron chi connectivity index (χ0n) is 9.74. The number of aromatic nitrogens is 1. The maximum Gasteiger partial charge on any atom is 0.257 e. The third-order valence-electron chi connectivity index (χ3n) is 2.21. The summed E-state index contributed by atoms with van der Waals surface area (Å²) in [4.78, 5) is 27.2. The molecule has 1 heterocycles. The van der Waals surface area contributed by atoms with Gasteiger partial charge in [-0.1, -0.05) is 31.9 Å². The van der Waals surface area contributed by atoms with Crippen molar-refractivity contribution in [1.82, 2.24) is 4.98 Å². The van der Waals surface area contributed by atoms with E-state index >= 15 is 0 Å². The van der Waals surface area contributed by atoms with E-state index in [0.29, 0.717) is 16.4 Å². The minimum Gasteiger partial charge on any atom is -0.298 e. The average Bonchev–Trinajstić information content (AvgIpc) is 2.76. The number of benzene rings is 1. The fraction of sp³-hybridized carbons (Fsp3) is 0.0833. The summed E-state index contributed by atoms with van der Waals surface area (Å²) in [6, 6.07) is 5.26. The Labute approximate surface area is 130 Å². The summed E-state index contributed by atoms with van der Waals surface area (Å²) in [5.41, 5.74) is 0.858. The zero-order valence-corrected chi connectivity index (χ0v) is 13.7. The van der Waals surface area contributed by atoms with Gasteiger partial charge in [0.25, 0.3) is 5.91 Å². The number of amides is 1. The van der Waals surface area contributed by atoms with E-state index in [1.54, 1.807) is 17.5 Å². The van der Waals surface area contributed by atoms with Crippen molar-refractivity contribution in [3.8, 4) is 0 Å². The summed E-state index contributed by atoms with van der Waals surface area (Å²) in [6.45, 7) is 1.44. The first-order valence-corrected chi connectivity index (χ1v) is 7.66. The molecule has 0 unspecified atom stereocenters. The first-order chi connectivity index (χ1) is 8.95. The number of nitrogens with zero attached hydrogens (tertiary/aromatic N) is 1. The standard InChI is InChI=1S/C12H8Br2N2O2S/c1-6(17)10-5-19-12(15-10)16-11(18)7-2-8(13)4-9(14)3-7/h2-5H,1H3,(H,15,16,18). The molecule has 0 saturated heterocycles. The van der Waals surface area contributed by atoms with Gasteiger partial charge in [0.2, 0.25) is 0 Å². The van der Waals surface area contributed by atoms with Crippen LogP contribution >= 0.6 is 43.2 Å². The van der Waals surface area contributed by atoms with Crippen molar-refractivity contribution in [3.63, 3.8) is 0 Å². The molecular weight excluding hydrogens is 396 g/mol. The molecule has 98 valence electrons. The highest BCUT2D eigenvalue weighted by Gasteiger charge is 2.11. The van der Waals surface area contributed by atoms with Gasteiger partial charge in [0.15, 0.2) is 10.9 Å². The SMILES string of the molecule is CC(=O)c1csc(NC(=O)c2cc(Br)cc(Br)c2)n1. The molecule has 0 bridgehead atoms. The van der Waals surface area contributed by atoms with Gasteiger partial charge >= 0.3 is 0 Å². The van der Waals surface area contributed by atoms with Crippen molar-refractivity contribution in [2.45, 2.75) is 6.92 Å². The number of thiazole rings is 1. The molecule has 0 radical (unpaired) electrons. The van der Waals surface area contributed by atoms with Crippen molar-refractivity contribution in [2.75, 3.05) is 5.32 Å². The van der Waals surface area contributed by atoms with Crippen LogP contribution in [0, 0.1) is 0 Å². The lowest BCUT2D eigenvalue weighted by Crippen LogP contribution is -2.12. The first-order valence-electron chi connectivity index (χ1n) is 5.19. The molecule has 1 aromatic carbocycles. The summed E-state index contributed by atoms with van der Waals surface area (Å²) < 4.78 is 1.60. The Morgan fingerprint density at radius 3 is 2.37 bits per heavy atom. The Hall–Kier alpha value is -1.05. The van der Waals surface area contributed by atoms with E-state index in [1.165, 1.54) is 18.3 Å². The topological polar surface area (TPSA) is 59.1 Å². The number of carbonyl (C=O) groups excluding carboxylic acids is 2. The van der Waals surface area contributed by atoms with Crippen molar-refractivity contribution in [1.29, 1.82) is 0 Å². The van der Waals surface area contributed by atoms with Gasteiger partial charge in [0.05, 0.1) is 0 Å². The summed E-state index contributed by atoms with van der Waals surface area (Å²) in [7, 11) is 0. The van der Waals surface area contributed by atoms with Gasteiger partial charge in [-0.3, -0.25) is 14.9 Å². The van der Waals surface area contributed by atoms with Gasteiger partial charge in [0.1, 0.15) is 5.69 Å². The van der Waals surface area contributed by atoms with Crippen LogP contribution in [0.15, 0.2) is 32.5 Å². The third-order valence-corrected chi connectivity index (χ3v) is 3.88. The lowest BCUT2D eigenvalue weighted by atomic mass is 10.2. The fourth-order valence-electron chi connectivity index (χ4n) is 1.35. The lowest BCUT2D eigenvalue weighted by molar-refractivity contribution is 0.100. The molecule has 1 N–H and O–H groups in total. The van der Waals surface area contributed by atoms with Crippen LogP contribution < -0.4 is 5.32 Å². The van der Waals surface area contributed by atoms with Gasteiger partial charge in [-0.25, -0.2) is 4.98 Å². The van der Waals surface area contributed by atoms with E-state index in [1.807, 2.05) is 6.07 Å². The molecule has 0 saturated carbocycles. The van der Waals surface area contributed by atoms with E-state index in [2.05, 4.69) is 42.2 Å². The second-order valence-corrected chi connectivity index (χ2v) is 6.40. The first kappa shape index (κ1) is 14.4. The molecule has 0 fully saturated rings. The van der Waals surface area contributed by atoms with Crippen molar-refractivity contribution >= 4 is 60.0 Å². The molecular formula is C12H8Br2N2O2S. The van der Waals surface area contributed by atoms with Gasteiger partial charge in [-0.2, -0.15) is 0 Å². The van der Waals surface area contributed by atoms with Gasteiger partial charge in [0, 0.05) is 26.8 Å². The Bertz CT molecular complexity index is 635. The van der Waals surface area contributed by atoms with Crippen LogP contribution in [0.3, 0.4) is 0 Å². The van der Waals surface area contributed by atoms with E-state index in [9.17, 15) is 9.59 Å². The highest BCUT2D eigenvalue weighted by molar-refractivity contribution is 9.11. The van der Waals surface area contributed by atoms with E-state index in [0.717, 1.165) is 8.95 Å². The molecule has 19 heavy (non-hydrogen) atoms. The Morgan fingerprint density at radius 1 is 1.21 bits per heavy atom. The number of hydrogen-bond donors (Lipinski definition) is 1. The predicted molar refractivity (Wildman–Crippen MR) is 81.9 cm³/mol. The monoisotopic (exact) mass is 402 g/mol. The van der Waals surface area contributed by atoms with Crippen LogP contribution in [0.1, 0.15) is 27.8 Å². The summed E-state index contributed by atoms with van der Waals surface area (Å²) in [5, 5.41) is 4.69. The van der Waals surface area contributed by atoms with Crippen molar-refractivity contribution in [2.24, 2.45) is 0 Å². The van der Waals surface area contributed by atoms with Crippen LogP contribution in [-0.2, 0) is 0 Å². The van der Waals surface area contributed by atoms with Crippen molar-refractivity contribution < 1.29 is 9.59 Å². The molecule has 7 heteroatoms. The zero-order chi connectivity index (χ0) is 14.0. The van der Waals surface area contributed by atoms with E-state index < -0.39 is 0 Å². The van der Waals surface area contributed by atoms with E-state index in [-0.39, 0.29) is 11.7 Å². The molecule has 2 rings (SSSR count). The number of ketones is 1. The van der Waals surface area contributed by atoms with Crippen LogP contribution in [-0.4, -0.2) is 16.7 Å². The normalized spacial score (nSPS) is 10.3. The maximum atomic E-state index is 12.0. The molecule has 2 aromatic rings. The lowest BCUT2D eigenvalue weighted by Gasteiger charge is -2.03. The third kappa shape index (κ3) is 3.71. The molecule has 1 aromatic heterocycles. The minimum absolute atomic E-state index is 0.123. The second kappa shape index (κ2) is 5.94. The van der Waals surface area contributed by atoms with Gasteiger partial charge in [-0.05, 0) is 18.2 Å². The van der Waals surface area contributed by atoms with Gasteiger partial charge < -0.3 is 0 Å². The fourth-order valence-corrected chi connectivity index (χ4v) is 3.39. The molecule has 0 atom stereocenters. The number of anilines is 1. The highest BCUT2D eigenvalue weighted by Crippen LogP contribution is 2.22. The van der Waals surface area contributed by atoms with Crippen LogP contribution in [0.4, 0.5) is 5.13 Å². The predicted octanol–water partition coefficient (Wildman–Crippen LogP) is 4.12. The van der Waals surface area contributed by atoms with Crippen molar-refractivity contribution in [3.05, 3.63) is 43.8 Å². The van der Waals surface area contributed by atoms with Crippen LogP contribution in [0.25, 0.3) is 0 Å². The number of hydrogen-bond acceptors (Lipinski definition) is 4. The summed E-state index contributed by atoms with van der Waals surface area (Å²) in [5.74, 6) is -0.395. The molecule has 0 spiro atoms. The van der Waals surface area contributed by atoms with Gasteiger partial charge in [-0.15, -0.1) is 11.3 Å². The number of halogens is 2. The number of rotatable bonds is 3. The van der Waals surface area contributed by atoms with Crippen LogP contribution in [0.5, 0.6) is 0 Å². The van der Waals surface area contributed by atoms with Crippen LogP contribution in [0.2, 0.25) is 0 Å². The van der Waals surface area contributed by atoms with E-state index in [4.69, 9.17) is 0 Å². The Kier molecular flexibility index (Phi) is 4.49. The Morgan fingerprint density at radius 2 is 1.84 bits per heavy atom. The summed E-state index contributed by atoms with van der Waals surface area (Å²) in [6.07, 6.45) is 0. The average molecular weight is 404 g/mol.